The molecule has 3 rings (SSSR count). The zero-order valence-corrected chi connectivity index (χ0v) is 18.2. The van der Waals surface area contributed by atoms with Gasteiger partial charge in [0.1, 0.15) is 5.57 Å². The Bertz CT molecular complexity index is 1150. The van der Waals surface area contributed by atoms with Gasteiger partial charge in [0.15, 0.2) is 18.1 Å². The van der Waals surface area contributed by atoms with Crippen LogP contribution in [-0.2, 0) is 14.4 Å². The third kappa shape index (κ3) is 5.65. The van der Waals surface area contributed by atoms with Crippen molar-refractivity contribution in [1.82, 2.24) is 10.2 Å². The van der Waals surface area contributed by atoms with Gasteiger partial charge in [0.05, 0.1) is 7.11 Å². The van der Waals surface area contributed by atoms with Crippen molar-refractivity contribution < 1.29 is 28.7 Å². The van der Waals surface area contributed by atoms with Crippen LogP contribution in [0.25, 0.3) is 6.08 Å². The molecule has 0 aromatic heterocycles. The summed E-state index contributed by atoms with van der Waals surface area (Å²) in [5.41, 5.74) is 1.94. The van der Waals surface area contributed by atoms with Gasteiger partial charge in [-0.25, -0.2) is 4.79 Å². The number of ether oxygens (including phenoxy) is 2. The van der Waals surface area contributed by atoms with Crippen molar-refractivity contribution in [2.75, 3.05) is 25.6 Å². The number of aryl methyl sites for hydroxylation is 1. The molecule has 1 fully saturated rings. The van der Waals surface area contributed by atoms with Gasteiger partial charge in [0.2, 0.25) is 0 Å². The summed E-state index contributed by atoms with van der Waals surface area (Å²) in [6.07, 6.45) is 2.73. The van der Waals surface area contributed by atoms with E-state index in [9.17, 15) is 19.2 Å². The lowest BCUT2D eigenvalue weighted by atomic mass is 10.1. The highest BCUT2D eigenvalue weighted by Gasteiger charge is 2.34. The van der Waals surface area contributed by atoms with Crippen molar-refractivity contribution in [3.8, 4) is 11.5 Å². The number of rotatable bonds is 8. The molecule has 2 aromatic carbocycles. The largest absolute Gasteiger partial charge is 0.493 e. The summed E-state index contributed by atoms with van der Waals surface area (Å²) in [6, 6.07) is 11.3. The number of methoxy groups -OCH3 is 1. The fourth-order valence-electron chi connectivity index (χ4n) is 3.11. The van der Waals surface area contributed by atoms with Gasteiger partial charge in [-0.2, -0.15) is 0 Å². The molecule has 170 valence electrons. The molecule has 2 N–H and O–H groups in total. The highest BCUT2D eigenvalue weighted by atomic mass is 16.5. The van der Waals surface area contributed by atoms with Crippen molar-refractivity contribution >= 4 is 35.5 Å². The lowest BCUT2D eigenvalue weighted by Gasteiger charge is -2.25. The van der Waals surface area contributed by atoms with Crippen LogP contribution in [0.1, 0.15) is 11.1 Å². The highest BCUT2D eigenvalue weighted by Crippen LogP contribution is 2.29. The van der Waals surface area contributed by atoms with Crippen LogP contribution in [0.4, 0.5) is 10.5 Å². The monoisotopic (exact) mass is 449 g/mol. The third-order valence-corrected chi connectivity index (χ3v) is 4.66. The van der Waals surface area contributed by atoms with E-state index in [0.717, 1.165) is 10.5 Å². The van der Waals surface area contributed by atoms with Gasteiger partial charge in [-0.3, -0.25) is 24.6 Å². The first-order chi connectivity index (χ1) is 15.8. The third-order valence-electron chi connectivity index (χ3n) is 4.66. The van der Waals surface area contributed by atoms with E-state index in [4.69, 9.17) is 9.47 Å². The van der Waals surface area contributed by atoms with E-state index in [1.807, 2.05) is 25.1 Å². The molecule has 2 aromatic rings. The number of hydrogen-bond donors (Lipinski definition) is 2. The molecule has 5 amide bonds. The first-order valence-electron chi connectivity index (χ1n) is 9.99. The summed E-state index contributed by atoms with van der Waals surface area (Å²) >= 11 is 0. The van der Waals surface area contributed by atoms with E-state index < -0.39 is 17.8 Å². The number of imide groups is 2. The van der Waals surface area contributed by atoms with Crippen molar-refractivity contribution in [3.05, 3.63) is 71.8 Å². The van der Waals surface area contributed by atoms with Gasteiger partial charge in [-0.15, -0.1) is 6.58 Å². The first-order valence-corrected chi connectivity index (χ1v) is 9.99. The Kier molecular flexibility index (Phi) is 7.24. The predicted molar refractivity (Wildman–Crippen MR) is 122 cm³/mol. The van der Waals surface area contributed by atoms with E-state index in [-0.39, 0.29) is 24.6 Å². The summed E-state index contributed by atoms with van der Waals surface area (Å²) in [4.78, 5) is 49.6. The summed E-state index contributed by atoms with van der Waals surface area (Å²) < 4.78 is 10.9. The minimum atomic E-state index is -0.799. The zero-order valence-electron chi connectivity index (χ0n) is 18.2. The number of benzene rings is 2. The molecule has 9 nitrogen and oxygen atoms in total. The molecule has 0 atom stereocenters. The molecule has 1 aliphatic rings. The molecule has 9 heteroatoms. The van der Waals surface area contributed by atoms with Gasteiger partial charge in [-0.1, -0.05) is 24.3 Å². The van der Waals surface area contributed by atoms with Crippen molar-refractivity contribution in [2.45, 2.75) is 6.92 Å². The van der Waals surface area contributed by atoms with Crippen molar-refractivity contribution in [3.63, 3.8) is 0 Å². The Morgan fingerprint density at radius 2 is 1.94 bits per heavy atom. The second kappa shape index (κ2) is 10.3. The van der Waals surface area contributed by atoms with Crippen LogP contribution in [0.2, 0.25) is 0 Å². The van der Waals surface area contributed by atoms with Crippen LogP contribution in [0.5, 0.6) is 11.5 Å². The number of hydrogen-bond acceptors (Lipinski definition) is 6. The molecule has 1 aliphatic heterocycles. The minimum absolute atomic E-state index is 0.0317. The molecule has 33 heavy (non-hydrogen) atoms. The van der Waals surface area contributed by atoms with Crippen LogP contribution in [0.3, 0.4) is 0 Å². The Balaban J connectivity index is 1.73. The van der Waals surface area contributed by atoms with Crippen LogP contribution in [-0.4, -0.2) is 48.9 Å². The van der Waals surface area contributed by atoms with E-state index >= 15 is 0 Å². The molecule has 0 radical (unpaired) electrons. The Morgan fingerprint density at radius 3 is 2.64 bits per heavy atom. The summed E-state index contributed by atoms with van der Waals surface area (Å²) in [6.45, 7) is 5.15. The van der Waals surface area contributed by atoms with E-state index in [2.05, 4.69) is 17.2 Å². The van der Waals surface area contributed by atoms with Crippen LogP contribution < -0.4 is 20.1 Å². The zero-order chi connectivity index (χ0) is 24.0. The summed E-state index contributed by atoms with van der Waals surface area (Å²) in [5, 5.41) is 4.87. The molecule has 1 saturated heterocycles. The van der Waals surface area contributed by atoms with Gasteiger partial charge in [-0.05, 0) is 48.4 Å². The summed E-state index contributed by atoms with van der Waals surface area (Å²) in [7, 11) is 1.43. The maximum atomic E-state index is 12.5. The number of urea groups is 1. The number of amides is 5. The highest BCUT2D eigenvalue weighted by molar-refractivity contribution is 6.31. The average molecular weight is 449 g/mol. The maximum absolute atomic E-state index is 12.5. The fraction of sp³-hybridized carbons (Fsp3) is 0.167. The molecule has 0 unspecified atom stereocenters. The lowest BCUT2D eigenvalue weighted by Crippen LogP contribution is -2.54. The van der Waals surface area contributed by atoms with Crippen molar-refractivity contribution in [1.29, 1.82) is 0 Å². The SMILES string of the molecule is C=CCN1C(=O)NC(=O)C(=Cc2ccc(OCC(=O)Nc3cccc(C)c3)c(OC)c2)C1=O. The van der Waals surface area contributed by atoms with E-state index in [1.165, 1.54) is 19.3 Å². The molecule has 0 saturated carbocycles. The number of barbiturate groups is 1. The number of nitrogens with zero attached hydrogens (tertiary/aromatic N) is 1. The minimum Gasteiger partial charge on any atom is -0.493 e. The average Bonchev–Trinajstić information content (AvgIpc) is 2.78. The quantitative estimate of drug-likeness (QED) is 0.364. The van der Waals surface area contributed by atoms with E-state index in [1.54, 1.807) is 24.3 Å². The molecule has 0 spiro atoms. The number of carbonyl (C=O) groups excluding carboxylic acids is 4. The smallest absolute Gasteiger partial charge is 0.331 e. The predicted octanol–water partition coefficient (Wildman–Crippen LogP) is 2.67. The Morgan fingerprint density at radius 1 is 1.15 bits per heavy atom. The van der Waals surface area contributed by atoms with Crippen LogP contribution in [0, 0.1) is 6.92 Å². The van der Waals surface area contributed by atoms with Gasteiger partial charge < -0.3 is 14.8 Å². The Labute approximate surface area is 190 Å². The van der Waals surface area contributed by atoms with Crippen LogP contribution in [0.15, 0.2) is 60.7 Å². The van der Waals surface area contributed by atoms with Gasteiger partial charge >= 0.3 is 6.03 Å². The lowest BCUT2D eigenvalue weighted by molar-refractivity contribution is -0.129. The normalized spacial score (nSPS) is 14.7. The first kappa shape index (κ1) is 23.3. The number of carbonyl (C=O) groups is 4. The molecule has 1 heterocycles. The molecule has 0 aliphatic carbocycles. The number of anilines is 1. The second-order valence-corrected chi connectivity index (χ2v) is 7.14. The second-order valence-electron chi connectivity index (χ2n) is 7.14. The van der Waals surface area contributed by atoms with Gasteiger partial charge in [0.25, 0.3) is 17.7 Å². The van der Waals surface area contributed by atoms with Crippen molar-refractivity contribution in [2.24, 2.45) is 0 Å². The fourth-order valence-corrected chi connectivity index (χ4v) is 3.11. The molecular formula is C24H23N3O6. The topological polar surface area (TPSA) is 114 Å². The van der Waals surface area contributed by atoms with E-state index in [0.29, 0.717) is 22.7 Å². The van der Waals surface area contributed by atoms with Crippen LogP contribution >= 0.6 is 0 Å². The molecule has 0 bridgehead atoms. The maximum Gasteiger partial charge on any atom is 0.331 e. The Hall–Kier alpha value is -4.40. The summed E-state index contributed by atoms with van der Waals surface area (Å²) in [5.74, 6) is -1.25. The standard InChI is InChI=1S/C24H23N3O6/c1-4-10-27-23(30)18(22(29)26-24(27)31)12-16-8-9-19(20(13-16)32-3)33-14-21(28)25-17-7-5-6-15(2)11-17/h4-9,11-13H,1,10,14H2,2-3H3,(H,25,28)(H,26,29,31). The molecular weight excluding hydrogens is 426 g/mol. The number of nitrogens with one attached hydrogen (secondary N) is 2. The van der Waals surface area contributed by atoms with Gasteiger partial charge in [0, 0.05) is 12.2 Å².